The minimum absolute atomic E-state index is 0.0530. The molecule has 0 bridgehead atoms. The highest BCUT2D eigenvalue weighted by molar-refractivity contribution is 7.22. The van der Waals surface area contributed by atoms with E-state index in [-0.39, 0.29) is 11.6 Å². The molecule has 4 rings (SSSR count). The number of rotatable bonds is 3. The number of hydrogen-bond acceptors (Lipinski definition) is 5. The van der Waals surface area contributed by atoms with Crippen molar-refractivity contribution in [3.05, 3.63) is 66.4 Å². The van der Waals surface area contributed by atoms with Crippen LogP contribution in [0.1, 0.15) is 5.69 Å². The molecule has 2 heterocycles. The Hall–Kier alpha value is -3.00. The lowest BCUT2D eigenvalue weighted by Crippen LogP contribution is -2.17. The Balaban J connectivity index is 1.83. The number of nitrogens with zero attached hydrogens (tertiary/aromatic N) is 4. The zero-order chi connectivity index (χ0) is 19.0. The van der Waals surface area contributed by atoms with E-state index in [0.717, 1.165) is 16.3 Å². The molecule has 0 spiro atoms. The first-order valence-corrected chi connectivity index (χ1v) is 8.84. The molecule has 2 aromatic heterocycles. The number of anilines is 2. The molecule has 0 atom stereocenters. The second-order valence-electron chi connectivity index (χ2n) is 5.83. The van der Waals surface area contributed by atoms with Gasteiger partial charge in [-0.05, 0) is 18.2 Å². The zero-order valence-corrected chi connectivity index (χ0v) is 14.9. The molecule has 2 aromatic carbocycles. The molecular weight excluding hydrogens is 373 g/mol. The largest absolute Gasteiger partial charge is 0.433 e. The highest BCUT2D eigenvalue weighted by atomic mass is 32.1. The van der Waals surface area contributed by atoms with Gasteiger partial charge < -0.3 is 0 Å². The van der Waals surface area contributed by atoms with Gasteiger partial charge in [-0.1, -0.05) is 53.8 Å². The van der Waals surface area contributed by atoms with E-state index >= 15 is 0 Å². The zero-order valence-electron chi connectivity index (χ0n) is 14.1. The Kier molecular flexibility index (Phi) is 4.27. The highest BCUT2D eigenvalue weighted by Gasteiger charge is 2.34. The lowest BCUT2D eigenvalue weighted by Gasteiger charge is -2.17. The molecule has 0 amide bonds. The van der Waals surface area contributed by atoms with Crippen LogP contribution < -0.4 is 4.90 Å². The molecule has 0 radical (unpaired) electrons. The second-order valence-corrected chi connectivity index (χ2v) is 6.83. The van der Waals surface area contributed by atoms with E-state index in [2.05, 4.69) is 15.0 Å². The molecule has 0 aliphatic carbocycles. The summed E-state index contributed by atoms with van der Waals surface area (Å²) >= 11 is 1.37. The molecule has 0 unspecified atom stereocenters. The first-order chi connectivity index (χ1) is 12.9. The van der Waals surface area contributed by atoms with Crippen LogP contribution in [-0.2, 0) is 6.18 Å². The molecule has 4 aromatic rings. The van der Waals surface area contributed by atoms with Crippen LogP contribution >= 0.6 is 11.3 Å². The van der Waals surface area contributed by atoms with E-state index in [9.17, 15) is 13.2 Å². The average molecular weight is 386 g/mol. The molecule has 27 heavy (non-hydrogen) atoms. The van der Waals surface area contributed by atoms with Crippen LogP contribution in [0.2, 0.25) is 0 Å². The molecule has 0 saturated heterocycles. The summed E-state index contributed by atoms with van der Waals surface area (Å²) in [6.45, 7) is 0. The summed E-state index contributed by atoms with van der Waals surface area (Å²) in [7, 11) is 1.61. The smallest absolute Gasteiger partial charge is 0.289 e. The molecule has 136 valence electrons. The van der Waals surface area contributed by atoms with Crippen molar-refractivity contribution in [1.82, 2.24) is 15.0 Å². The fourth-order valence-corrected chi connectivity index (χ4v) is 3.50. The SMILES string of the molecule is CN(c1nc(-c2ccccc2)cc(C(F)(F)F)n1)c1nc2ccccc2s1. The van der Waals surface area contributed by atoms with Gasteiger partial charge in [-0.15, -0.1) is 0 Å². The summed E-state index contributed by atoms with van der Waals surface area (Å²) in [6.07, 6.45) is -4.57. The van der Waals surface area contributed by atoms with Crippen molar-refractivity contribution >= 4 is 32.6 Å². The van der Waals surface area contributed by atoms with Gasteiger partial charge >= 0.3 is 6.18 Å². The van der Waals surface area contributed by atoms with Crippen LogP contribution in [0.3, 0.4) is 0 Å². The normalized spacial score (nSPS) is 11.7. The van der Waals surface area contributed by atoms with Crippen molar-refractivity contribution in [3.63, 3.8) is 0 Å². The van der Waals surface area contributed by atoms with Crippen molar-refractivity contribution in [2.24, 2.45) is 0 Å². The first-order valence-electron chi connectivity index (χ1n) is 8.03. The van der Waals surface area contributed by atoms with Crippen LogP contribution in [0, 0.1) is 0 Å². The van der Waals surface area contributed by atoms with E-state index in [1.165, 1.54) is 16.2 Å². The molecule has 0 aliphatic rings. The van der Waals surface area contributed by atoms with E-state index in [1.54, 1.807) is 37.4 Å². The van der Waals surface area contributed by atoms with Gasteiger partial charge in [0.05, 0.1) is 15.9 Å². The molecule has 0 saturated carbocycles. The van der Waals surface area contributed by atoms with Crippen molar-refractivity contribution in [3.8, 4) is 11.3 Å². The summed E-state index contributed by atoms with van der Waals surface area (Å²) in [5, 5.41) is 0.523. The predicted octanol–water partition coefficient (Wildman–Crippen LogP) is 5.54. The summed E-state index contributed by atoms with van der Waals surface area (Å²) in [4.78, 5) is 14.0. The van der Waals surface area contributed by atoms with Crippen LogP contribution in [0.4, 0.5) is 24.3 Å². The number of benzene rings is 2. The standard InChI is InChI=1S/C19H13F3N4S/c1-26(18-24-13-9-5-6-10-15(13)27-18)17-23-14(12-7-3-2-4-8-12)11-16(25-17)19(20,21)22/h2-11H,1H3. The summed E-state index contributed by atoms with van der Waals surface area (Å²) in [5.41, 5.74) is 0.587. The third kappa shape index (κ3) is 3.48. The Morgan fingerprint density at radius 2 is 1.59 bits per heavy atom. The van der Waals surface area contributed by atoms with Crippen LogP contribution in [0.15, 0.2) is 60.7 Å². The van der Waals surface area contributed by atoms with Crippen molar-refractivity contribution in [2.75, 3.05) is 11.9 Å². The third-order valence-electron chi connectivity index (χ3n) is 3.94. The maximum absolute atomic E-state index is 13.4. The van der Waals surface area contributed by atoms with Crippen molar-refractivity contribution < 1.29 is 13.2 Å². The molecule has 0 aliphatic heterocycles. The van der Waals surface area contributed by atoms with E-state index < -0.39 is 11.9 Å². The second kappa shape index (κ2) is 6.62. The number of para-hydroxylation sites is 1. The van der Waals surface area contributed by atoms with Gasteiger partial charge in [0, 0.05) is 12.6 Å². The molecule has 0 fully saturated rings. The van der Waals surface area contributed by atoms with Gasteiger partial charge in [0.15, 0.2) is 10.8 Å². The Bertz CT molecular complexity index is 1060. The minimum atomic E-state index is -4.57. The maximum Gasteiger partial charge on any atom is 0.433 e. The van der Waals surface area contributed by atoms with E-state index in [1.807, 2.05) is 24.3 Å². The highest BCUT2D eigenvalue weighted by Crippen LogP contribution is 2.35. The first kappa shape index (κ1) is 17.4. The number of hydrogen-bond donors (Lipinski definition) is 0. The fraction of sp³-hybridized carbons (Fsp3) is 0.105. The summed E-state index contributed by atoms with van der Waals surface area (Å²) in [5.74, 6) is -0.0530. The van der Waals surface area contributed by atoms with Gasteiger partial charge in [0.25, 0.3) is 0 Å². The van der Waals surface area contributed by atoms with Gasteiger partial charge in [0.1, 0.15) is 0 Å². The number of halogens is 3. The molecule has 4 nitrogen and oxygen atoms in total. The lowest BCUT2D eigenvalue weighted by molar-refractivity contribution is -0.141. The summed E-state index contributed by atoms with van der Waals surface area (Å²) in [6, 6.07) is 17.2. The Morgan fingerprint density at radius 3 is 2.30 bits per heavy atom. The number of alkyl halides is 3. The van der Waals surface area contributed by atoms with E-state index in [4.69, 9.17) is 0 Å². The van der Waals surface area contributed by atoms with Gasteiger partial charge in [-0.3, -0.25) is 4.90 Å². The van der Waals surface area contributed by atoms with Crippen LogP contribution in [0.25, 0.3) is 21.5 Å². The van der Waals surface area contributed by atoms with E-state index in [0.29, 0.717) is 10.7 Å². The monoisotopic (exact) mass is 386 g/mol. The fourth-order valence-electron chi connectivity index (χ4n) is 2.58. The van der Waals surface area contributed by atoms with Gasteiger partial charge in [0.2, 0.25) is 5.95 Å². The quantitative estimate of drug-likeness (QED) is 0.464. The van der Waals surface area contributed by atoms with Crippen LogP contribution in [-0.4, -0.2) is 22.0 Å². The Morgan fingerprint density at radius 1 is 0.889 bits per heavy atom. The maximum atomic E-state index is 13.4. The number of aromatic nitrogens is 3. The topological polar surface area (TPSA) is 41.9 Å². The predicted molar refractivity (Wildman–Crippen MR) is 100 cm³/mol. The number of fused-ring (bicyclic) bond motifs is 1. The Labute approximate surface area is 157 Å². The molecule has 0 N–H and O–H groups in total. The summed E-state index contributed by atoms with van der Waals surface area (Å²) < 4.78 is 41.1. The number of thiazole rings is 1. The average Bonchev–Trinajstić information content (AvgIpc) is 3.11. The lowest BCUT2D eigenvalue weighted by atomic mass is 10.1. The van der Waals surface area contributed by atoms with Crippen LogP contribution in [0.5, 0.6) is 0 Å². The third-order valence-corrected chi connectivity index (χ3v) is 5.06. The van der Waals surface area contributed by atoms with Crippen molar-refractivity contribution in [2.45, 2.75) is 6.18 Å². The van der Waals surface area contributed by atoms with Gasteiger partial charge in [-0.2, -0.15) is 13.2 Å². The molecular formula is C19H13F3N4S. The molecule has 8 heteroatoms. The minimum Gasteiger partial charge on any atom is -0.289 e. The van der Waals surface area contributed by atoms with Gasteiger partial charge in [-0.25, -0.2) is 15.0 Å². The van der Waals surface area contributed by atoms with Crippen molar-refractivity contribution in [1.29, 1.82) is 0 Å².